The van der Waals surface area contributed by atoms with Gasteiger partial charge in [0.15, 0.2) is 0 Å². The molecule has 94 valence electrons. The number of aromatic nitrogens is 2. The molecule has 0 saturated carbocycles. The Morgan fingerprint density at radius 1 is 1.59 bits per heavy atom. The predicted molar refractivity (Wildman–Crippen MR) is 65.2 cm³/mol. The molecule has 1 saturated heterocycles. The molecule has 1 aliphatic heterocycles. The summed E-state index contributed by atoms with van der Waals surface area (Å²) >= 11 is 0. The van der Waals surface area contributed by atoms with Crippen LogP contribution in [0.15, 0.2) is 6.07 Å². The van der Waals surface area contributed by atoms with Crippen LogP contribution in [0.5, 0.6) is 5.88 Å². The van der Waals surface area contributed by atoms with Crippen LogP contribution >= 0.6 is 0 Å². The number of ether oxygens (including phenoxy) is 2. The molecule has 2 N–H and O–H groups in total. The first-order chi connectivity index (χ1) is 8.24. The highest BCUT2D eigenvalue weighted by atomic mass is 16.5. The van der Waals surface area contributed by atoms with Crippen LogP contribution in [0.25, 0.3) is 0 Å². The number of hydrogen-bond acceptors (Lipinski definition) is 6. The minimum absolute atomic E-state index is 0.237. The van der Waals surface area contributed by atoms with E-state index in [1.54, 1.807) is 7.11 Å². The van der Waals surface area contributed by atoms with E-state index in [1.807, 2.05) is 6.07 Å². The Morgan fingerprint density at radius 2 is 2.41 bits per heavy atom. The molecular formula is C11H18N4O2. The highest BCUT2D eigenvalue weighted by Gasteiger charge is 2.23. The molecule has 0 amide bonds. The topological polar surface area (TPSA) is 73.5 Å². The summed E-state index contributed by atoms with van der Waals surface area (Å²) in [6.07, 6.45) is 1.01. The lowest BCUT2D eigenvalue weighted by molar-refractivity contribution is 0.0925. The van der Waals surface area contributed by atoms with E-state index in [0.29, 0.717) is 18.5 Å². The van der Waals surface area contributed by atoms with Crippen molar-refractivity contribution in [2.75, 3.05) is 37.5 Å². The van der Waals surface area contributed by atoms with E-state index in [2.05, 4.69) is 21.8 Å². The molecule has 0 aromatic carbocycles. The maximum absolute atomic E-state index is 5.67. The quantitative estimate of drug-likeness (QED) is 0.835. The van der Waals surface area contributed by atoms with Crippen LogP contribution in [0.4, 0.5) is 11.8 Å². The zero-order valence-corrected chi connectivity index (χ0v) is 10.2. The lowest BCUT2D eigenvalue weighted by Crippen LogP contribution is -2.45. The average molecular weight is 238 g/mol. The smallest absolute Gasteiger partial charge is 0.225 e. The summed E-state index contributed by atoms with van der Waals surface area (Å²) in [4.78, 5) is 10.4. The van der Waals surface area contributed by atoms with Crippen LogP contribution in [0.3, 0.4) is 0 Å². The number of hydrogen-bond donors (Lipinski definition) is 1. The molecule has 1 aromatic heterocycles. The largest absolute Gasteiger partial charge is 0.481 e. The second-order valence-electron chi connectivity index (χ2n) is 3.96. The van der Waals surface area contributed by atoms with E-state index in [9.17, 15) is 0 Å². The Morgan fingerprint density at radius 3 is 3.12 bits per heavy atom. The zero-order chi connectivity index (χ0) is 12.3. The maximum atomic E-state index is 5.67. The van der Waals surface area contributed by atoms with Gasteiger partial charge in [0.05, 0.1) is 26.4 Å². The Balaban J connectivity index is 2.27. The number of anilines is 2. The summed E-state index contributed by atoms with van der Waals surface area (Å²) in [6.45, 7) is 4.39. The third-order valence-electron chi connectivity index (χ3n) is 2.91. The second kappa shape index (κ2) is 5.18. The van der Waals surface area contributed by atoms with Crippen LogP contribution in [0, 0.1) is 0 Å². The van der Waals surface area contributed by atoms with Gasteiger partial charge in [-0.05, 0) is 6.42 Å². The number of nitrogens with two attached hydrogens (primary N) is 1. The highest BCUT2D eigenvalue weighted by Crippen LogP contribution is 2.23. The van der Waals surface area contributed by atoms with E-state index < -0.39 is 0 Å². The molecule has 0 spiro atoms. The Bertz CT molecular complexity index is 386. The molecule has 1 aromatic rings. The monoisotopic (exact) mass is 238 g/mol. The van der Waals surface area contributed by atoms with Gasteiger partial charge in [-0.1, -0.05) is 6.92 Å². The van der Waals surface area contributed by atoms with Crippen molar-refractivity contribution in [1.29, 1.82) is 0 Å². The molecule has 0 radical (unpaired) electrons. The molecule has 0 bridgehead atoms. The van der Waals surface area contributed by atoms with E-state index >= 15 is 0 Å². The van der Waals surface area contributed by atoms with Crippen LogP contribution in [0.1, 0.15) is 13.3 Å². The first-order valence-electron chi connectivity index (χ1n) is 5.77. The number of nitrogens with zero attached hydrogens (tertiary/aromatic N) is 3. The van der Waals surface area contributed by atoms with Gasteiger partial charge < -0.3 is 20.1 Å². The molecular weight excluding hydrogens is 220 g/mol. The van der Waals surface area contributed by atoms with Crippen molar-refractivity contribution in [2.45, 2.75) is 19.4 Å². The molecule has 17 heavy (non-hydrogen) atoms. The summed E-state index contributed by atoms with van der Waals surface area (Å²) in [6, 6.07) is 2.15. The van der Waals surface area contributed by atoms with E-state index in [1.165, 1.54) is 0 Å². The summed E-state index contributed by atoms with van der Waals surface area (Å²) in [7, 11) is 1.57. The van der Waals surface area contributed by atoms with Gasteiger partial charge in [-0.3, -0.25) is 0 Å². The molecule has 1 atom stereocenters. The summed E-state index contributed by atoms with van der Waals surface area (Å²) < 4.78 is 10.6. The third kappa shape index (κ3) is 2.58. The highest BCUT2D eigenvalue weighted by molar-refractivity contribution is 5.46. The van der Waals surface area contributed by atoms with Gasteiger partial charge in [-0.15, -0.1) is 0 Å². The standard InChI is InChI=1S/C11H18N4O2/c1-3-8-7-17-5-4-15(8)9-6-10(16-2)14-11(12)13-9/h6,8H,3-5,7H2,1-2H3,(H2,12,13,14). The third-order valence-corrected chi connectivity index (χ3v) is 2.91. The minimum Gasteiger partial charge on any atom is -0.481 e. The maximum Gasteiger partial charge on any atom is 0.225 e. The van der Waals surface area contributed by atoms with Gasteiger partial charge >= 0.3 is 0 Å². The normalized spacial score (nSPS) is 20.4. The van der Waals surface area contributed by atoms with Crippen molar-refractivity contribution in [3.05, 3.63) is 6.07 Å². The van der Waals surface area contributed by atoms with Crippen molar-refractivity contribution < 1.29 is 9.47 Å². The van der Waals surface area contributed by atoms with E-state index in [-0.39, 0.29) is 5.95 Å². The SMILES string of the molecule is CCC1COCCN1c1cc(OC)nc(N)n1. The molecule has 1 aliphatic rings. The minimum atomic E-state index is 0.237. The first-order valence-corrected chi connectivity index (χ1v) is 5.77. The molecule has 6 heteroatoms. The Kier molecular flexibility index (Phi) is 3.63. The molecule has 0 aliphatic carbocycles. The fourth-order valence-corrected chi connectivity index (χ4v) is 1.98. The Labute approximate surface area is 101 Å². The average Bonchev–Trinajstić information content (AvgIpc) is 2.37. The fraction of sp³-hybridized carbons (Fsp3) is 0.636. The molecule has 6 nitrogen and oxygen atoms in total. The van der Waals surface area contributed by atoms with Gasteiger partial charge in [0, 0.05) is 12.6 Å². The summed E-state index contributed by atoms with van der Waals surface area (Å²) in [5, 5.41) is 0. The van der Waals surface area contributed by atoms with Crippen LogP contribution in [-0.4, -0.2) is 42.9 Å². The zero-order valence-electron chi connectivity index (χ0n) is 10.2. The first kappa shape index (κ1) is 11.9. The van der Waals surface area contributed by atoms with Gasteiger partial charge in [-0.25, -0.2) is 0 Å². The fourth-order valence-electron chi connectivity index (χ4n) is 1.98. The lowest BCUT2D eigenvalue weighted by atomic mass is 10.2. The van der Waals surface area contributed by atoms with E-state index in [0.717, 1.165) is 25.4 Å². The van der Waals surface area contributed by atoms with Crippen molar-refractivity contribution in [3.63, 3.8) is 0 Å². The number of methoxy groups -OCH3 is 1. The van der Waals surface area contributed by atoms with Crippen molar-refractivity contribution in [1.82, 2.24) is 9.97 Å². The van der Waals surface area contributed by atoms with Gasteiger partial charge in [0.25, 0.3) is 0 Å². The van der Waals surface area contributed by atoms with Crippen molar-refractivity contribution in [2.24, 2.45) is 0 Å². The van der Waals surface area contributed by atoms with Crippen molar-refractivity contribution in [3.8, 4) is 5.88 Å². The lowest BCUT2D eigenvalue weighted by Gasteiger charge is -2.36. The number of nitrogen functional groups attached to an aromatic ring is 1. The number of morpholine rings is 1. The second-order valence-corrected chi connectivity index (χ2v) is 3.96. The predicted octanol–water partition coefficient (Wildman–Crippen LogP) is 0.683. The number of rotatable bonds is 3. The molecule has 1 unspecified atom stereocenters. The van der Waals surface area contributed by atoms with E-state index in [4.69, 9.17) is 15.2 Å². The Hall–Kier alpha value is -1.56. The van der Waals surface area contributed by atoms with Crippen LogP contribution in [-0.2, 0) is 4.74 Å². The molecule has 2 rings (SSSR count). The van der Waals surface area contributed by atoms with Gasteiger partial charge in [0.2, 0.25) is 11.8 Å². The van der Waals surface area contributed by atoms with Crippen LogP contribution < -0.4 is 15.4 Å². The van der Waals surface area contributed by atoms with Gasteiger partial charge in [0.1, 0.15) is 5.82 Å². The molecule has 1 fully saturated rings. The van der Waals surface area contributed by atoms with Gasteiger partial charge in [-0.2, -0.15) is 9.97 Å². The summed E-state index contributed by atoms with van der Waals surface area (Å²) in [5.41, 5.74) is 5.67. The summed E-state index contributed by atoms with van der Waals surface area (Å²) in [5.74, 6) is 1.54. The van der Waals surface area contributed by atoms with Crippen molar-refractivity contribution >= 4 is 11.8 Å². The molecule has 2 heterocycles. The van der Waals surface area contributed by atoms with Crippen LogP contribution in [0.2, 0.25) is 0 Å².